The van der Waals surface area contributed by atoms with Gasteiger partial charge in [0.25, 0.3) is 0 Å². The fourth-order valence-corrected chi connectivity index (χ4v) is 3.63. The summed E-state index contributed by atoms with van der Waals surface area (Å²) in [6.07, 6.45) is -4.17. The van der Waals surface area contributed by atoms with E-state index >= 15 is 0 Å². The molecule has 1 aliphatic rings. The van der Waals surface area contributed by atoms with Crippen molar-refractivity contribution in [3.63, 3.8) is 0 Å². The minimum atomic E-state index is -1.10. The number of hydrogen-bond acceptors (Lipinski definition) is 8. The molecule has 1 saturated heterocycles. The molecule has 8 heteroatoms. The molecular weight excluding hydrogens is 452 g/mol. The summed E-state index contributed by atoms with van der Waals surface area (Å²) < 4.78 is 28.0. The van der Waals surface area contributed by atoms with E-state index in [0.29, 0.717) is 16.7 Å². The molecule has 1 fully saturated rings. The third kappa shape index (κ3) is 5.92. The number of esters is 3. The minimum Gasteiger partial charge on any atom is -0.459 e. The number of methoxy groups -OCH3 is 1. The van der Waals surface area contributed by atoms with Crippen LogP contribution in [-0.2, 0) is 23.7 Å². The van der Waals surface area contributed by atoms with E-state index in [9.17, 15) is 14.4 Å². The van der Waals surface area contributed by atoms with Gasteiger partial charge in [-0.25, -0.2) is 14.4 Å². The third-order valence-electron chi connectivity index (χ3n) is 5.39. The van der Waals surface area contributed by atoms with Gasteiger partial charge in [-0.15, -0.1) is 0 Å². The molecule has 3 aromatic carbocycles. The van der Waals surface area contributed by atoms with Crippen molar-refractivity contribution in [3.05, 3.63) is 108 Å². The van der Waals surface area contributed by atoms with Gasteiger partial charge in [0, 0.05) is 7.11 Å². The molecular formula is C27H24O8. The summed E-state index contributed by atoms with van der Waals surface area (Å²) >= 11 is 0. The molecule has 0 radical (unpaired) electrons. The van der Waals surface area contributed by atoms with Gasteiger partial charge in [-0.2, -0.15) is 0 Å². The van der Waals surface area contributed by atoms with Gasteiger partial charge in [0.15, 0.2) is 18.5 Å². The molecule has 35 heavy (non-hydrogen) atoms. The first kappa shape index (κ1) is 24.1. The van der Waals surface area contributed by atoms with Crippen LogP contribution in [0.1, 0.15) is 31.1 Å². The van der Waals surface area contributed by atoms with E-state index < -0.39 is 42.5 Å². The van der Waals surface area contributed by atoms with Crippen LogP contribution in [0.5, 0.6) is 0 Å². The summed E-state index contributed by atoms with van der Waals surface area (Å²) in [7, 11) is 1.38. The Kier molecular flexibility index (Phi) is 7.87. The number of rotatable bonds is 8. The maximum atomic E-state index is 12.8. The number of ether oxygens (including phenoxy) is 5. The van der Waals surface area contributed by atoms with E-state index in [1.807, 2.05) is 0 Å². The molecule has 0 aromatic heterocycles. The molecule has 0 spiro atoms. The zero-order valence-electron chi connectivity index (χ0n) is 18.9. The van der Waals surface area contributed by atoms with Crippen molar-refractivity contribution in [3.8, 4) is 0 Å². The number of benzene rings is 3. The minimum absolute atomic E-state index is 0.250. The Hall–Kier alpha value is -4.01. The first-order valence-corrected chi connectivity index (χ1v) is 11.0. The normalized spacial score (nSPS) is 21.2. The molecule has 1 unspecified atom stereocenters. The Morgan fingerprint density at radius 1 is 0.657 bits per heavy atom. The molecule has 0 amide bonds. The number of carbonyl (C=O) groups excluding carboxylic acids is 3. The second-order valence-electron chi connectivity index (χ2n) is 7.72. The molecule has 1 aliphatic heterocycles. The molecule has 0 bridgehead atoms. The third-order valence-corrected chi connectivity index (χ3v) is 5.39. The van der Waals surface area contributed by atoms with Crippen LogP contribution < -0.4 is 0 Å². The molecule has 3 aromatic rings. The van der Waals surface area contributed by atoms with Gasteiger partial charge < -0.3 is 23.7 Å². The van der Waals surface area contributed by atoms with Crippen LogP contribution in [0, 0.1) is 0 Å². The SMILES string of the molecule is COC1O[C@H](COC(=O)c2ccccc2)[C@@H](OC(=O)c2ccccc2)[C@@H]1OC(=O)c1ccccc1. The highest BCUT2D eigenvalue weighted by molar-refractivity contribution is 5.90. The second-order valence-corrected chi connectivity index (χ2v) is 7.72. The standard InChI is InChI=1S/C27H24O8/c1-31-27-23(35-26(30)20-15-9-4-10-16-20)22(34-25(29)19-13-7-3-8-14-19)21(33-27)17-32-24(28)18-11-5-2-6-12-18/h2-16,21-23,27H,17H2,1H3/t21-,22-,23+,27?/m1/s1. The van der Waals surface area contributed by atoms with Crippen molar-refractivity contribution in [1.82, 2.24) is 0 Å². The lowest BCUT2D eigenvalue weighted by molar-refractivity contribution is -0.155. The molecule has 0 saturated carbocycles. The summed E-state index contributed by atoms with van der Waals surface area (Å²) in [5.74, 6) is -1.85. The van der Waals surface area contributed by atoms with E-state index in [1.165, 1.54) is 7.11 Å². The Balaban J connectivity index is 1.54. The maximum Gasteiger partial charge on any atom is 0.338 e. The maximum absolute atomic E-state index is 12.8. The molecule has 4 rings (SSSR count). The van der Waals surface area contributed by atoms with Gasteiger partial charge in [0.1, 0.15) is 12.7 Å². The van der Waals surface area contributed by atoms with Gasteiger partial charge in [-0.1, -0.05) is 54.6 Å². The van der Waals surface area contributed by atoms with Crippen molar-refractivity contribution < 1.29 is 38.1 Å². The molecule has 8 nitrogen and oxygen atoms in total. The zero-order valence-corrected chi connectivity index (χ0v) is 18.9. The number of carbonyl (C=O) groups is 3. The van der Waals surface area contributed by atoms with Crippen LogP contribution >= 0.6 is 0 Å². The topological polar surface area (TPSA) is 97.4 Å². The van der Waals surface area contributed by atoms with E-state index in [4.69, 9.17) is 23.7 Å². The Morgan fingerprint density at radius 2 is 1.09 bits per heavy atom. The molecule has 1 heterocycles. The summed E-state index contributed by atoms with van der Waals surface area (Å²) in [4.78, 5) is 38.0. The fourth-order valence-electron chi connectivity index (χ4n) is 3.63. The van der Waals surface area contributed by atoms with Gasteiger partial charge in [0.2, 0.25) is 0 Å². The Morgan fingerprint density at radius 3 is 1.54 bits per heavy atom. The largest absolute Gasteiger partial charge is 0.459 e. The van der Waals surface area contributed by atoms with Crippen LogP contribution in [0.2, 0.25) is 0 Å². The average molecular weight is 476 g/mol. The van der Waals surface area contributed by atoms with E-state index in [-0.39, 0.29) is 6.61 Å². The quantitative estimate of drug-likeness (QED) is 0.359. The predicted molar refractivity (Wildman–Crippen MR) is 124 cm³/mol. The lowest BCUT2D eigenvalue weighted by Gasteiger charge is -2.24. The highest BCUT2D eigenvalue weighted by Gasteiger charge is 2.50. The molecule has 180 valence electrons. The first-order valence-electron chi connectivity index (χ1n) is 11.0. The summed E-state index contributed by atoms with van der Waals surface area (Å²) in [6.45, 7) is -0.250. The lowest BCUT2D eigenvalue weighted by atomic mass is 10.1. The smallest absolute Gasteiger partial charge is 0.338 e. The van der Waals surface area contributed by atoms with Crippen molar-refractivity contribution in [2.45, 2.75) is 24.6 Å². The van der Waals surface area contributed by atoms with Gasteiger partial charge in [0.05, 0.1) is 16.7 Å². The Bertz CT molecular complexity index is 1130. The zero-order chi connectivity index (χ0) is 24.6. The van der Waals surface area contributed by atoms with Gasteiger partial charge in [-0.3, -0.25) is 0 Å². The van der Waals surface area contributed by atoms with E-state index in [2.05, 4.69) is 0 Å². The summed E-state index contributed by atoms with van der Waals surface area (Å²) in [5, 5.41) is 0. The van der Waals surface area contributed by atoms with Crippen molar-refractivity contribution in [2.75, 3.05) is 13.7 Å². The monoisotopic (exact) mass is 476 g/mol. The van der Waals surface area contributed by atoms with Gasteiger partial charge >= 0.3 is 17.9 Å². The molecule has 0 aliphatic carbocycles. The fraction of sp³-hybridized carbons (Fsp3) is 0.222. The van der Waals surface area contributed by atoms with Crippen molar-refractivity contribution in [1.29, 1.82) is 0 Å². The molecule has 0 N–H and O–H groups in total. The first-order chi connectivity index (χ1) is 17.1. The summed E-state index contributed by atoms with van der Waals surface area (Å²) in [5.41, 5.74) is 0.981. The van der Waals surface area contributed by atoms with Crippen molar-refractivity contribution >= 4 is 17.9 Å². The van der Waals surface area contributed by atoms with E-state index in [0.717, 1.165) is 0 Å². The Labute approximate surface area is 202 Å². The van der Waals surface area contributed by atoms with Crippen LogP contribution in [0.3, 0.4) is 0 Å². The number of hydrogen-bond donors (Lipinski definition) is 0. The van der Waals surface area contributed by atoms with Crippen LogP contribution in [-0.4, -0.2) is 56.2 Å². The second kappa shape index (κ2) is 11.4. The van der Waals surface area contributed by atoms with E-state index in [1.54, 1.807) is 91.0 Å². The lowest BCUT2D eigenvalue weighted by Crippen LogP contribution is -2.42. The van der Waals surface area contributed by atoms with Crippen LogP contribution in [0.15, 0.2) is 91.0 Å². The average Bonchev–Trinajstić information content (AvgIpc) is 3.24. The van der Waals surface area contributed by atoms with Gasteiger partial charge in [-0.05, 0) is 36.4 Å². The predicted octanol–water partition coefficient (Wildman–Crippen LogP) is 3.67. The van der Waals surface area contributed by atoms with Crippen LogP contribution in [0.25, 0.3) is 0 Å². The molecule has 4 atom stereocenters. The highest BCUT2D eigenvalue weighted by Crippen LogP contribution is 2.29. The highest BCUT2D eigenvalue weighted by atomic mass is 16.7. The summed E-state index contributed by atoms with van der Waals surface area (Å²) in [6, 6.07) is 25.2. The van der Waals surface area contributed by atoms with Crippen LogP contribution in [0.4, 0.5) is 0 Å². The van der Waals surface area contributed by atoms with Crippen molar-refractivity contribution in [2.24, 2.45) is 0 Å².